The highest BCUT2D eigenvalue weighted by Crippen LogP contribution is 2.18. The molecule has 0 aromatic heterocycles. The molecule has 0 N–H and O–H groups in total. The minimum atomic E-state index is -0.472. The monoisotopic (exact) mass is 277 g/mol. The molecule has 1 heterocycles. The Balaban J connectivity index is 1.94. The van der Waals surface area contributed by atoms with E-state index in [1.54, 1.807) is 17.0 Å². The normalized spacial score (nSPS) is 18.4. The minimum absolute atomic E-state index is 0.0580. The van der Waals surface area contributed by atoms with Gasteiger partial charge in [-0.05, 0) is 31.4 Å². The summed E-state index contributed by atoms with van der Waals surface area (Å²) in [5.74, 6) is 0.120. The highest BCUT2D eigenvalue weighted by atomic mass is 16.5. The number of para-hydroxylation sites is 1. The van der Waals surface area contributed by atoms with E-state index in [2.05, 4.69) is 0 Å². The van der Waals surface area contributed by atoms with Gasteiger partial charge in [0.2, 0.25) is 0 Å². The molecule has 1 amide bonds. The third kappa shape index (κ3) is 3.50. The lowest BCUT2D eigenvalue weighted by atomic mass is 10.0. The molecule has 1 atom stereocenters. The van der Waals surface area contributed by atoms with Gasteiger partial charge in [0, 0.05) is 6.54 Å². The second-order valence-electron chi connectivity index (χ2n) is 4.72. The van der Waals surface area contributed by atoms with Crippen LogP contribution in [0.3, 0.4) is 0 Å². The largest absolute Gasteiger partial charge is 0.484 e. The summed E-state index contributed by atoms with van der Waals surface area (Å²) in [5.41, 5.74) is 0. The first-order valence-electron chi connectivity index (χ1n) is 6.77. The van der Waals surface area contributed by atoms with Gasteiger partial charge in [-0.25, -0.2) is 4.79 Å². The van der Waals surface area contributed by atoms with Crippen molar-refractivity contribution in [3.8, 4) is 5.75 Å². The second kappa shape index (κ2) is 6.93. The van der Waals surface area contributed by atoms with E-state index in [1.165, 1.54) is 7.11 Å². The van der Waals surface area contributed by atoms with E-state index in [-0.39, 0.29) is 18.5 Å². The molecule has 1 saturated heterocycles. The number of nitrogens with zero attached hydrogens (tertiary/aromatic N) is 1. The van der Waals surface area contributed by atoms with E-state index in [4.69, 9.17) is 9.47 Å². The molecule has 0 spiro atoms. The maximum Gasteiger partial charge on any atom is 0.328 e. The molecule has 0 saturated carbocycles. The zero-order valence-electron chi connectivity index (χ0n) is 11.6. The lowest BCUT2D eigenvalue weighted by molar-refractivity contribution is -0.155. The topological polar surface area (TPSA) is 55.8 Å². The van der Waals surface area contributed by atoms with Crippen molar-refractivity contribution in [3.05, 3.63) is 30.3 Å². The molecular weight excluding hydrogens is 258 g/mol. The number of rotatable bonds is 4. The Bertz CT molecular complexity index is 460. The molecule has 1 aromatic rings. The molecule has 1 fully saturated rings. The van der Waals surface area contributed by atoms with Crippen LogP contribution in [0, 0.1) is 0 Å². The van der Waals surface area contributed by atoms with Crippen LogP contribution in [0.4, 0.5) is 0 Å². The number of hydrogen-bond acceptors (Lipinski definition) is 4. The number of carbonyl (C=O) groups excluding carboxylic acids is 2. The van der Waals surface area contributed by atoms with Gasteiger partial charge in [0.15, 0.2) is 6.61 Å². The summed E-state index contributed by atoms with van der Waals surface area (Å²) >= 11 is 0. The number of amides is 1. The van der Waals surface area contributed by atoms with Crippen molar-refractivity contribution in [2.75, 3.05) is 20.3 Å². The standard InChI is InChI=1S/C15H19NO4/c1-19-15(18)13-9-5-6-10-16(13)14(17)11-20-12-7-3-2-4-8-12/h2-4,7-8,13H,5-6,9-11H2,1H3. The van der Waals surface area contributed by atoms with Crippen LogP contribution in [0.1, 0.15) is 19.3 Å². The van der Waals surface area contributed by atoms with Crippen LogP contribution in [0.25, 0.3) is 0 Å². The first kappa shape index (κ1) is 14.4. The fourth-order valence-corrected chi connectivity index (χ4v) is 2.36. The van der Waals surface area contributed by atoms with Crippen molar-refractivity contribution in [1.29, 1.82) is 0 Å². The first-order chi connectivity index (χ1) is 9.72. The van der Waals surface area contributed by atoms with Crippen molar-refractivity contribution in [2.24, 2.45) is 0 Å². The van der Waals surface area contributed by atoms with E-state index >= 15 is 0 Å². The van der Waals surface area contributed by atoms with Crippen LogP contribution in [-0.4, -0.2) is 43.1 Å². The summed E-state index contributed by atoms with van der Waals surface area (Å²) < 4.78 is 10.2. The third-order valence-electron chi connectivity index (χ3n) is 3.40. The first-order valence-corrected chi connectivity index (χ1v) is 6.77. The number of carbonyl (C=O) groups is 2. The second-order valence-corrected chi connectivity index (χ2v) is 4.72. The van der Waals surface area contributed by atoms with Crippen LogP contribution >= 0.6 is 0 Å². The lowest BCUT2D eigenvalue weighted by Crippen LogP contribution is -2.50. The Morgan fingerprint density at radius 2 is 2.00 bits per heavy atom. The molecule has 108 valence electrons. The van der Waals surface area contributed by atoms with E-state index < -0.39 is 6.04 Å². The van der Waals surface area contributed by atoms with Gasteiger partial charge >= 0.3 is 5.97 Å². The molecule has 5 heteroatoms. The summed E-state index contributed by atoms with van der Waals surface area (Å²) in [6, 6.07) is 8.69. The van der Waals surface area contributed by atoms with Crippen molar-refractivity contribution in [2.45, 2.75) is 25.3 Å². The molecule has 1 unspecified atom stereocenters. The Morgan fingerprint density at radius 1 is 1.25 bits per heavy atom. The quantitative estimate of drug-likeness (QED) is 0.785. The maximum atomic E-state index is 12.2. The number of methoxy groups -OCH3 is 1. The maximum absolute atomic E-state index is 12.2. The zero-order chi connectivity index (χ0) is 14.4. The third-order valence-corrected chi connectivity index (χ3v) is 3.40. The minimum Gasteiger partial charge on any atom is -0.484 e. The molecular formula is C15H19NO4. The zero-order valence-corrected chi connectivity index (χ0v) is 11.6. The summed E-state index contributed by atoms with van der Waals surface area (Å²) in [7, 11) is 1.35. The molecule has 1 aromatic carbocycles. The van der Waals surface area contributed by atoms with Gasteiger partial charge in [-0.1, -0.05) is 18.2 Å². The van der Waals surface area contributed by atoms with Crippen molar-refractivity contribution in [3.63, 3.8) is 0 Å². The highest BCUT2D eigenvalue weighted by Gasteiger charge is 2.32. The fraction of sp³-hybridized carbons (Fsp3) is 0.467. The van der Waals surface area contributed by atoms with Gasteiger partial charge in [-0.15, -0.1) is 0 Å². The van der Waals surface area contributed by atoms with Gasteiger partial charge < -0.3 is 14.4 Å². The van der Waals surface area contributed by atoms with E-state index in [0.717, 1.165) is 12.8 Å². The summed E-state index contributed by atoms with van der Waals surface area (Å²) in [6.07, 6.45) is 2.50. The van der Waals surface area contributed by atoms with Gasteiger partial charge in [0.25, 0.3) is 5.91 Å². The molecule has 1 aliphatic rings. The molecule has 20 heavy (non-hydrogen) atoms. The number of hydrogen-bond donors (Lipinski definition) is 0. The van der Waals surface area contributed by atoms with E-state index in [1.807, 2.05) is 18.2 Å². The molecule has 0 bridgehead atoms. The highest BCUT2D eigenvalue weighted by molar-refractivity contribution is 5.85. The Morgan fingerprint density at radius 3 is 2.70 bits per heavy atom. The van der Waals surface area contributed by atoms with Gasteiger partial charge in [-0.3, -0.25) is 4.79 Å². The number of esters is 1. The summed E-state index contributed by atoms with van der Waals surface area (Å²) in [6.45, 7) is 0.522. The van der Waals surface area contributed by atoms with Crippen LogP contribution in [-0.2, 0) is 14.3 Å². The number of benzene rings is 1. The Hall–Kier alpha value is -2.04. The van der Waals surface area contributed by atoms with Crippen LogP contribution in [0.2, 0.25) is 0 Å². The number of likely N-dealkylation sites (tertiary alicyclic amines) is 1. The number of ether oxygens (including phenoxy) is 2. The summed E-state index contributed by atoms with van der Waals surface area (Å²) in [4.78, 5) is 25.5. The lowest BCUT2D eigenvalue weighted by Gasteiger charge is -2.33. The van der Waals surface area contributed by atoms with Crippen molar-refractivity contribution >= 4 is 11.9 Å². The van der Waals surface area contributed by atoms with Crippen molar-refractivity contribution < 1.29 is 19.1 Å². The van der Waals surface area contributed by atoms with Gasteiger partial charge in [0.1, 0.15) is 11.8 Å². The predicted octanol–water partition coefficient (Wildman–Crippen LogP) is 1.62. The van der Waals surface area contributed by atoms with Gasteiger partial charge in [0.05, 0.1) is 7.11 Å². The molecule has 0 radical (unpaired) electrons. The molecule has 1 aliphatic heterocycles. The van der Waals surface area contributed by atoms with Crippen molar-refractivity contribution in [1.82, 2.24) is 4.90 Å². The summed E-state index contributed by atoms with van der Waals surface area (Å²) in [5, 5.41) is 0. The Kier molecular flexibility index (Phi) is 4.98. The predicted molar refractivity (Wildman–Crippen MR) is 73.3 cm³/mol. The number of piperidine rings is 1. The van der Waals surface area contributed by atoms with Crippen LogP contribution in [0.5, 0.6) is 5.75 Å². The smallest absolute Gasteiger partial charge is 0.328 e. The average molecular weight is 277 g/mol. The molecule has 2 rings (SSSR count). The van der Waals surface area contributed by atoms with E-state index in [0.29, 0.717) is 18.7 Å². The Labute approximate surface area is 118 Å². The fourth-order valence-electron chi connectivity index (χ4n) is 2.36. The SMILES string of the molecule is COC(=O)C1CCCCN1C(=O)COc1ccccc1. The molecule has 0 aliphatic carbocycles. The van der Waals surface area contributed by atoms with Crippen LogP contribution in [0.15, 0.2) is 30.3 Å². The van der Waals surface area contributed by atoms with Gasteiger partial charge in [-0.2, -0.15) is 0 Å². The van der Waals surface area contributed by atoms with Crippen LogP contribution < -0.4 is 4.74 Å². The van der Waals surface area contributed by atoms with E-state index in [9.17, 15) is 9.59 Å². The molecule has 5 nitrogen and oxygen atoms in total. The average Bonchev–Trinajstić information content (AvgIpc) is 2.52.